The van der Waals surface area contributed by atoms with Crippen LogP contribution in [-0.2, 0) is 10.0 Å². The van der Waals surface area contributed by atoms with Gasteiger partial charge in [0.05, 0.1) is 11.6 Å². The molecule has 0 bridgehead atoms. The molecule has 4 nitrogen and oxygen atoms in total. The molecule has 1 unspecified atom stereocenters. The van der Waals surface area contributed by atoms with Gasteiger partial charge in [-0.1, -0.05) is 11.6 Å². The molecule has 0 radical (unpaired) electrons. The Morgan fingerprint density at radius 1 is 1.53 bits per heavy atom. The highest BCUT2D eigenvalue weighted by Gasteiger charge is 2.27. The molecule has 1 atom stereocenters. The monoisotopic (exact) mass is 281 g/mol. The van der Waals surface area contributed by atoms with Crippen LogP contribution >= 0.6 is 11.6 Å². The molecule has 96 valence electrons. The van der Waals surface area contributed by atoms with Crippen molar-refractivity contribution in [2.24, 2.45) is 0 Å². The molecule has 1 aromatic rings. The van der Waals surface area contributed by atoms with Gasteiger partial charge in [-0.25, -0.2) is 12.8 Å². The molecule has 0 heterocycles. The van der Waals surface area contributed by atoms with E-state index in [-0.39, 0.29) is 16.5 Å². The lowest BCUT2D eigenvalue weighted by Crippen LogP contribution is -2.37. The van der Waals surface area contributed by atoms with E-state index in [9.17, 15) is 12.8 Å². The van der Waals surface area contributed by atoms with Crippen LogP contribution in [0.4, 0.5) is 4.39 Å². The van der Waals surface area contributed by atoms with Gasteiger partial charge in [0.15, 0.2) is 0 Å². The first-order valence-corrected chi connectivity index (χ1v) is 6.66. The molecule has 0 aromatic heterocycles. The maximum atomic E-state index is 13.0. The van der Waals surface area contributed by atoms with Gasteiger partial charge in [-0.15, -0.1) is 0 Å². The Balaban J connectivity index is 3.26. The molecule has 0 aliphatic rings. The summed E-state index contributed by atoms with van der Waals surface area (Å²) in [5, 5.41) is 8.87. The van der Waals surface area contributed by atoms with Gasteiger partial charge in [-0.05, 0) is 25.1 Å². The van der Waals surface area contributed by atoms with E-state index < -0.39 is 21.9 Å². The van der Waals surface area contributed by atoms with E-state index in [0.29, 0.717) is 0 Å². The fraction of sp³-hybridized carbons (Fsp3) is 0.400. The standard InChI is InChI=1S/C10H13ClFNO3S/c1-7(6-14)13(2)17(15,16)10-5-8(12)3-4-9(10)11/h3-5,7,14H,6H2,1-2H3. The van der Waals surface area contributed by atoms with Crippen LogP contribution in [0.5, 0.6) is 0 Å². The molecule has 0 spiro atoms. The number of benzene rings is 1. The third kappa shape index (κ3) is 2.95. The number of hydrogen-bond acceptors (Lipinski definition) is 3. The number of sulfonamides is 1. The summed E-state index contributed by atoms with van der Waals surface area (Å²) in [4.78, 5) is -0.304. The van der Waals surface area contributed by atoms with Crippen molar-refractivity contribution in [3.63, 3.8) is 0 Å². The molecule has 0 saturated carbocycles. The summed E-state index contributed by atoms with van der Waals surface area (Å²) in [5.41, 5.74) is 0. The summed E-state index contributed by atoms with van der Waals surface area (Å²) in [5.74, 6) is -0.682. The second kappa shape index (κ2) is 5.30. The van der Waals surface area contributed by atoms with Gasteiger partial charge >= 0.3 is 0 Å². The van der Waals surface area contributed by atoms with Crippen molar-refractivity contribution in [3.8, 4) is 0 Å². The predicted molar refractivity (Wildman–Crippen MR) is 62.9 cm³/mol. The van der Waals surface area contributed by atoms with Gasteiger partial charge in [0.2, 0.25) is 10.0 Å². The second-order valence-corrected chi connectivity index (χ2v) is 6.00. The van der Waals surface area contributed by atoms with Crippen LogP contribution in [-0.4, -0.2) is 37.5 Å². The molecule has 1 rings (SSSR count). The minimum absolute atomic E-state index is 0.0524. The fourth-order valence-electron chi connectivity index (χ4n) is 1.18. The number of aliphatic hydroxyl groups is 1. The van der Waals surface area contributed by atoms with Crippen LogP contribution in [0.2, 0.25) is 5.02 Å². The molecule has 0 saturated heterocycles. The van der Waals surface area contributed by atoms with E-state index in [0.717, 1.165) is 16.4 Å². The van der Waals surface area contributed by atoms with Gasteiger partial charge in [0.1, 0.15) is 10.7 Å². The summed E-state index contributed by atoms with van der Waals surface area (Å²) >= 11 is 5.74. The average molecular weight is 282 g/mol. The molecule has 0 aliphatic heterocycles. The minimum atomic E-state index is -3.90. The van der Waals surface area contributed by atoms with E-state index in [1.165, 1.54) is 20.0 Å². The highest BCUT2D eigenvalue weighted by molar-refractivity contribution is 7.89. The lowest BCUT2D eigenvalue weighted by molar-refractivity contribution is 0.214. The number of hydrogen-bond donors (Lipinski definition) is 1. The Bertz CT molecular complexity index is 506. The predicted octanol–water partition coefficient (Wildman–Crippen LogP) is 1.48. The Hall–Kier alpha value is -0.690. The van der Waals surface area contributed by atoms with Crippen molar-refractivity contribution in [2.75, 3.05) is 13.7 Å². The van der Waals surface area contributed by atoms with Crippen LogP contribution in [0.3, 0.4) is 0 Å². The summed E-state index contributed by atoms with van der Waals surface area (Å²) in [6, 6.07) is 2.51. The maximum Gasteiger partial charge on any atom is 0.244 e. The maximum absolute atomic E-state index is 13.0. The third-order valence-electron chi connectivity index (χ3n) is 2.44. The van der Waals surface area contributed by atoms with Gasteiger partial charge in [-0.3, -0.25) is 0 Å². The van der Waals surface area contributed by atoms with Crippen LogP contribution in [0.15, 0.2) is 23.1 Å². The van der Waals surface area contributed by atoms with E-state index in [2.05, 4.69) is 0 Å². The topological polar surface area (TPSA) is 57.6 Å². The summed E-state index contributed by atoms with van der Waals surface area (Å²) < 4.78 is 38.1. The SMILES string of the molecule is CC(CO)N(C)S(=O)(=O)c1cc(F)ccc1Cl. The first kappa shape index (κ1) is 14.4. The van der Waals surface area contributed by atoms with E-state index >= 15 is 0 Å². The van der Waals surface area contributed by atoms with Crippen molar-refractivity contribution in [3.05, 3.63) is 29.0 Å². The molecule has 0 fully saturated rings. The molecule has 0 aliphatic carbocycles. The summed E-state index contributed by atoms with van der Waals surface area (Å²) in [7, 11) is -2.60. The second-order valence-electron chi connectivity index (χ2n) is 3.63. The number of halogens is 2. The summed E-state index contributed by atoms with van der Waals surface area (Å²) in [6.45, 7) is 1.20. The zero-order valence-electron chi connectivity index (χ0n) is 9.39. The van der Waals surface area contributed by atoms with Crippen molar-refractivity contribution >= 4 is 21.6 Å². The Morgan fingerprint density at radius 3 is 2.65 bits per heavy atom. The molecule has 1 aromatic carbocycles. The van der Waals surface area contributed by atoms with Gasteiger partial charge in [-0.2, -0.15) is 4.31 Å². The largest absolute Gasteiger partial charge is 0.395 e. The molecule has 0 amide bonds. The van der Waals surface area contributed by atoms with Crippen LogP contribution in [0.25, 0.3) is 0 Å². The molecule has 7 heteroatoms. The third-order valence-corrected chi connectivity index (χ3v) is 4.89. The van der Waals surface area contributed by atoms with Gasteiger partial charge < -0.3 is 5.11 Å². The molecular weight excluding hydrogens is 269 g/mol. The Labute approximate surface area is 105 Å². The molecule has 17 heavy (non-hydrogen) atoms. The quantitative estimate of drug-likeness (QED) is 0.909. The van der Waals surface area contributed by atoms with Crippen molar-refractivity contribution in [2.45, 2.75) is 17.9 Å². The molecular formula is C10H13ClFNO3S. The average Bonchev–Trinajstić information content (AvgIpc) is 2.30. The highest BCUT2D eigenvalue weighted by Crippen LogP contribution is 2.25. The number of rotatable bonds is 4. The smallest absolute Gasteiger partial charge is 0.244 e. The van der Waals surface area contributed by atoms with E-state index in [1.54, 1.807) is 0 Å². The number of likely N-dealkylation sites (N-methyl/N-ethyl adjacent to an activating group) is 1. The van der Waals surface area contributed by atoms with E-state index in [1.807, 2.05) is 0 Å². The van der Waals surface area contributed by atoms with Crippen molar-refractivity contribution < 1.29 is 17.9 Å². The molecule has 1 N–H and O–H groups in total. The minimum Gasteiger partial charge on any atom is -0.395 e. The van der Waals surface area contributed by atoms with Crippen molar-refractivity contribution in [1.29, 1.82) is 0 Å². The summed E-state index contributed by atoms with van der Waals surface area (Å²) in [6.07, 6.45) is 0. The van der Waals surface area contributed by atoms with Crippen LogP contribution in [0.1, 0.15) is 6.92 Å². The Morgan fingerprint density at radius 2 is 2.12 bits per heavy atom. The Kier molecular flexibility index (Phi) is 4.48. The zero-order chi connectivity index (χ0) is 13.2. The zero-order valence-corrected chi connectivity index (χ0v) is 11.0. The van der Waals surface area contributed by atoms with Gasteiger partial charge in [0, 0.05) is 13.1 Å². The highest BCUT2D eigenvalue weighted by atomic mass is 35.5. The number of aliphatic hydroxyl groups excluding tert-OH is 1. The first-order chi connectivity index (χ1) is 7.80. The lowest BCUT2D eigenvalue weighted by atomic mass is 10.3. The fourth-order valence-corrected chi connectivity index (χ4v) is 3.02. The van der Waals surface area contributed by atoms with Crippen LogP contribution in [0, 0.1) is 5.82 Å². The van der Waals surface area contributed by atoms with E-state index in [4.69, 9.17) is 16.7 Å². The van der Waals surface area contributed by atoms with Crippen molar-refractivity contribution in [1.82, 2.24) is 4.31 Å². The van der Waals surface area contributed by atoms with Gasteiger partial charge in [0.25, 0.3) is 0 Å². The lowest BCUT2D eigenvalue weighted by Gasteiger charge is -2.23. The normalized spacial score (nSPS) is 14.0. The first-order valence-electron chi connectivity index (χ1n) is 4.84. The number of nitrogens with zero attached hydrogens (tertiary/aromatic N) is 1. The van der Waals surface area contributed by atoms with Crippen LogP contribution < -0.4 is 0 Å².